The summed E-state index contributed by atoms with van der Waals surface area (Å²) in [6.07, 6.45) is 1.43. The molecule has 5 heteroatoms. The van der Waals surface area contributed by atoms with Gasteiger partial charge in [0.05, 0.1) is 11.3 Å². The predicted octanol–water partition coefficient (Wildman–Crippen LogP) is 1.69. The standard InChI is InChI=1S/C14H16FNO3/c1-9(12(17)18)8-16-13(19)14(6-7-14)10-2-4-11(15)5-3-10/h2-5,9H,6-8H2,1H3,(H,16,19)(H,17,18). The Hall–Kier alpha value is -1.91. The summed E-state index contributed by atoms with van der Waals surface area (Å²) >= 11 is 0. The van der Waals surface area contributed by atoms with E-state index in [9.17, 15) is 14.0 Å². The number of carbonyl (C=O) groups is 2. The van der Waals surface area contributed by atoms with Gasteiger partial charge in [-0.2, -0.15) is 0 Å². The van der Waals surface area contributed by atoms with Crippen molar-refractivity contribution in [3.8, 4) is 0 Å². The molecule has 0 heterocycles. The maximum Gasteiger partial charge on any atom is 0.308 e. The third-order valence-corrected chi connectivity index (χ3v) is 3.57. The summed E-state index contributed by atoms with van der Waals surface area (Å²) in [5.41, 5.74) is 0.195. The number of hydrogen-bond donors (Lipinski definition) is 2. The minimum absolute atomic E-state index is 0.108. The molecule has 0 spiro atoms. The van der Waals surface area contributed by atoms with E-state index >= 15 is 0 Å². The zero-order chi connectivity index (χ0) is 14.0. The van der Waals surface area contributed by atoms with Gasteiger partial charge in [0.2, 0.25) is 5.91 Å². The number of nitrogens with one attached hydrogen (secondary N) is 1. The molecule has 19 heavy (non-hydrogen) atoms. The minimum Gasteiger partial charge on any atom is -0.481 e. The maximum absolute atomic E-state index is 12.9. The first-order valence-electron chi connectivity index (χ1n) is 6.23. The van der Waals surface area contributed by atoms with E-state index in [4.69, 9.17) is 5.11 Å². The van der Waals surface area contributed by atoms with Crippen molar-refractivity contribution in [2.24, 2.45) is 5.92 Å². The van der Waals surface area contributed by atoms with E-state index < -0.39 is 17.3 Å². The van der Waals surface area contributed by atoms with Crippen LogP contribution in [0, 0.1) is 11.7 Å². The van der Waals surface area contributed by atoms with Crippen LogP contribution in [0.2, 0.25) is 0 Å². The number of benzene rings is 1. The molecule has 0 aliphatic heterocycles. The lowest BCUT2D eigenvalue weighted by molar-refractivity contribution is -0.141. The molecule has 0 aromatic heterocycles. The molecule has 1 aliphatic rings. The Morgan fingerprint density at radius 2 is 1.95 bits per heavy atom. The Morgan fingerprint density at radius 3 is 2.42 bits per heavy atom. The van der Waals surface area contributed by atoms with Crippen LogP contribution in [-0.2, 0) is 15.0 Å². The fraction of sp³-hybridized carbons (Fsp3) is 0.429. The van der Waals surface area contributed by atoms with Crippen LogP contribution in [-0.4, -0.2) is 23.5 Å². The molecule has 2 rings (SSSR count). The summed E-state index contributed by atoms with van der Waals surface area (Å²) in [6, 6.07) is 5.90. The van der Waals surface area contributed by atoms with Crippen molar-refractivity contribution in [2.45, 2.75) is 25.2 Å². The highest BCUT2D eigenvalue weighted by Gasteiger charge is 2.51. The van der Waals surface area contributed by atoms with Gasteiger partial charge in [-0.3, -0.25) is 9.59 Å². The molecule has 1 aliphatic carbocycles. The van der Waals surface area contributed by atoms with Gasteiger partial charge in [-0.25, -0.2) is 4.39 Å². The van der Waals surface area contributed by atoms with Crippen LogP contribution in [0.5, 0.6) is 0 Å². The summed E-state index contributed by atoms with van der Waals surface area (Å²) in [6.45, 7) is 1.65. The van der Waals surface area contributed by atoms with Crippen LogP contribution in [0.4, 0.5) is 4.39 Å². The van der Waals surface area contributed by atoms with Crippen LogP contribution in [0.25, 0.3) is 0 Å². The normalized spacial score (nSPS) is 17.6. The van der Waals surface area contributed by atoms with Crippen molar-refractivity contribution < 1.29 is 19.1 Å². The summed E-state index contributed by atoms with van der Waals surface area (Å²) in [4.78, 5) is 22.8. The first kappa shape index (κ1) is 13.5. The zero-order valence-corrected chi connectivity index (χ0v) is 10.6. The SMILES string of the molecule is CC(CNC(=O)C1(c2ccc(F)cc2)CC1)C(=O)O. The summed E-state index contributed by atoms with van der Waals surface area (Å²) in [7, 11) is 0. The molecule has 4 nitrogen and oxygen atoms in total. The summed E-state index contributed by atoms with van der Waals surface area (Å²) in [5.74, 6) is -2.06. The molecule has 2 N–H and O–H groups in total. The second-order valence-corrected chi connectivity index (χ2v) is 5.04. The van der Waals surface area contributed by atoms with Crippen molar-refractivity contribution >= 4 is 11.9 Å². The van der Waals surface area contributed by atoms with Crippen LogP contribution in [0.3, 0.4) is 0 Å². The van der Waals surface area contributed by atoms with E-state index in [0.717, 1.165) is 5.56 Å². The number of carboxylic acids is 1. The maximum atomic E-state index is 12.9. The molecule has 0 bridgehead atoms. The number of carbonyl (C=O) groups excluding carboxylic acids is 1. The molecule has 102 valence electrons. The quantitative estimate of drug-likeness (QED) is 0.851. The van der Waals surface area contributed by atoms with Crippen molar-refractivity contribution in [3.63, 3.8) is 0 Å². The van der Waals surface area contributed by atoms with Gasteiger partial charge < -0.3 is 10.4 Å². The monoisotopic (exact) mass is 265 g/mol. The molecule has 1 fully saturated rings. The Morgan fingerprint density at radius 1 is 1.37 bits per heavy atom. The smallest absolute Gasteiger partial charge is 0.308 e. The summed E-state index contributed by atoms with van der Waals surface area (Å²) < 4.78 is 12.9. The van der Waals surface area contributed by atoms with E-state index in [1.54, 1.807) is 19.1 Å². The van der Waals surface area contributed by atoms with E-state index in [-0.39, 0.29) is 18.3 Å². The van der Waals surface area contributed by atoms with E-state index in [1.807, 2.05) is 0 Å². The van der Waals surface area contributed by atoms with Gasteiger partial charge in [0.25, 0.3) is 0 Å². The largest absolute Gasteiger partial charge is 0.481 e. The second kappa shape index (κ2) is 4.99. The number of hydrogen-bond acceptors (Lipinski definition) is 2. The third-order valence-electron chi connectivity index (χ3n) is 3.57. The first-order valence-corrected chi connectivity index (χ1v) is 6.23. The van der Waals surface area contributed by atoms with Crippen LogP contribution in [0.1, 0.15) is 25.3 Å². The average Bonchev–Trinajstić information content (AvgIpc) is 3.17. The average molecular weight is 265 g/mol. The Labute approximate surface area is 110 Å². The Balaban J connectivity index is 2.02. The number of amides is 1. The Kier molecular flexibility index (Phi) is 3.55. The van der Waals surface area contributed by atoms with Gasteiger partial charge >= 0.3 is 5.97 Å². The fourth-order valence-electron chi connectivity index (χ4n) is 2.04. The second-order valence-electron chi connectivity index (χ2n) is 5.04. The molecule has 1 atom stereocenters. The van der Waals surface area contributed by atoms with Crippen LogP contribution in [0.15, 0.2) is 24.3 Å². The van der Waals surface area contributed by atoms with E-state index in [2.05, 4.69) is 5.32 Å². The molecule has 1 saturated carbocycles. The van der Waals surface area contributed by atoms with Gasteiger partial charge in [0, 0.05) is 6.54 Å². The topological polar surface area (TPSA) is 66.4 Å². The molecule has 1 unspecified atom stereocenters. The molecule has 0 radical (unpaired) electrons. The first-order chi connectivity index (χ1) is 8.95. The molecule has 0 saturated heterocycles. The van der Waals surface area contributed by atoms with Crippen LogP contribution >= 0.6 is 0 Å². The third kappa shape index (κ3) is 2.75. The number of aliphatic carboxylic acids is 1. The summed E-state index contributed by atoms with van der Waals surface area (Å²) in [5, 5.41) is 11.4. The van der Waals surface area contributed by atoms with Gasteiger partial charge in [-0.05, 0) is 30.5 Å². The number of halogens is 1. The highest BCUT2D eigenvalue weighted by molar-refractivity contribution is 5.91. The lowest BCUT2D eigenvalue weighted by Crippen LogP contribution is -2.38. The van der Waals surface area contributed by atoms with Gasteiger partial charge in [0.1, 0.15) is 5.82 Å². The molecule has 1 aromatic rings. The van der Waals surface area contributed by atoms with Crippen molar-refractivity contribution in [3.05, 3.63) is 35.6 Å². The minimum atomic E-state index is -0.938. The molecular formula is C14H16FNO3. The molecular weight excluding hydrogens is 249 g/mol. The van der Waals surface area contributed by atoms with Crippen molar-refractivity contribution in [1.82, 2.24) is 5.32 Å². The highest BCUT2D eigenvalue weighted by atomic mass is 19.1. The van der Waals surface area contributed by atoms with Gasteiger partial charge in [-0.1, -0.05) is 19.1 Å². The van der Waals surface area contributed by atoms with Crippen molar-refractivity contribution in [2.75, 3.05) is 6.54 Å². The predicted molar refractivity (Wildman–Crippen MR) is 67.1 cm³/mol. The van der Waals surface area contributed by atoms with Crippen LogP contribution < -0.4 is 5.32 Å². The van der Waals surface area contributed by atoms with Gasteiger partial charge in [0.15, 0.2) is 0 Å². The van der Waals surface area contributed by atoms with Crippen molar-refractivity contribution in [1.29, 1.82) is 0 Å². The van der Waals surface area contributed by atoms with E-state index in [1.165, 1.54) is 12.1 Å². The Bertz CT molecular complexity index is 494. The number of rotatable bonds is 5. The van der Waals surface area contributed by atoms with E-state index in [0.29, 0.717) is 12.8 Å². The zero-order valence-electron chi connectivity index (χ0n) is 10.6. The van der Waals surface area contributed by atoms with Gasteiger partial charge in [-0.15, -0.1) is 0 Å². The molecule has 1 aromatic carbocycles. The fourth-order valence-corrected chi connectivity index (χ4v) is 2.04. The number of carboxylic acid groups (broad SMARTS) is 1. The molecule has 1 amide bonds. The highest BCUT2D eigenvalue weighted by Crippen LogP contribution is 2.48. The lowest BCUT2D eigenvalue weighted by atomic mass is 9.95. The lowest BCUT2D eigenvalue weighted by Gasteiger charge is -2.17.